The lowest BCUT2D eigenvalue weighted by Gasteiger charge is -2.15. The third-order valence-corrected chi connectivity index (χ3v) is 6.00. The molecule has 0 saturated carbocycles. The van der Waals surface area contributed by atoms with Crippen LogP contribution in [0, 0.1) is 13.8 Å². The monoisotopic (exact) mass is 459 g/mol. The maximum absolute atomic E-state index is 12.5. The number of hydrogen-bond donors (Lipinski definition) is 4. The lowest BCUT2D eigenvalue weighted by atomic mass is 10.1. The van der Waals surface area contributed by atoms with Gasteiger partial charge in [-0.1, -0.05) is 6.07 Å². The van der Waals surface area contributed by atoms with Gasteiger partial charge in [-0.15, -0.1) is 11.3 Å². The molecule has 0 aliphatic heterocycles. The lowest BCUT2D eigenvalue weighted by molar-refractivity contribution is 0.418. The number of pyridine rings is 2. The number of fused-ring (bicyclic) bond motifs is 1. The number of methoxy groups -OCH3 is 1. The molecule has 0 bridgehead atoms. The van der Waals surface area contributed by atoms with Gasteiger partial charge >= 0.3 is 0 Å². The van der Waals surface area contributed by atoms with Gasteiger partial charge in [-0.3, -0.25) is 15.0 Å². The molecule has 9 nitrogen and oxygen atoms in total. The van der Waals surface area contributed by atoms with Crippen LogP contribution >= 0.6 is 11.3 Å². The Morgan fingerprint density at radius 3 is 2.64 bits per heavy atom. The number of para-hydroxylation sites is 1. The van der Waals surface area contributed by atoms with E-state index in [2.05, 4.69) is 35.8 Å². The third kappa shape index (κ3) is 4.03. The van der Waals surface area contributed by atoms with E-state index in [1.807, 2.05) is 50.4 Å². The van der Waals surface area contributed by atoms with Crippen molar-refractivity contribution in [1.82, 2.24) is 25.1 Å². The van der Waals surface area contributed by atoms with E-state index in [4.69, 9.17) is 4.74 Å². The van der Waals surface area contributed by atoms with Crippen molar-refractivity contribution in [3.63, 3.8) is 0 Å². The maximum atomic E-state index is 12.5. The molecule has 0 unspecified atom stereocenters. The Bertz CT molecular complexity index is 1520. The Morgan fingerprint density at radius 2 is 1.88 bits per heavy atom. The Morgan fingerprint density at radius 1 is 1.00 bits per heavy atom. The number of thiazole rings is 1. The minimum Gasteiger partial charge on any atom is -0.494 e. The Labute approximate surface area is 192 Å². The predicted octanol–water partition coefficient (Wildman–Crippen LogP) is 4.88. The fourth-order valence-electron chi connectivity index (χ4n) is 3.59. The molecule has 4 heterocycles. The Balaban J connectivity index is 1.59. The van der Waals surface area contributed by atoms with Gasteiger partial charge in [-0.2, -0.15) is 0 Å². The first-order chi connectivity index (χ1) is 16.0. The summed E-state index contributed by atoms with van der Waals surface area (Å²) in [5.41, 5.74) is 3.37. The zero-order valence-electron chi connectivity index (χ0n) is 18.2. The fourth-order valence-corrected chi connectivity index (χ4v) is 4.38. The summed E-state index contributed by atoms with van der Waals surface area (Å²) in [6.07, 6.45) is 3.56. The first-order valence-corrected chi connectivity index (χ1v) is 11.0. The Kier molecular flexibility index (Phi) is 5.27. The number of nitrogens with one attached hydrogen (secondary N) is 4. The highest BCUT2D eigenvalue weighted by Crippen LogP contribution is 2.40. The summed E-state index contributed by atoms with van der Waals surface area (Å²) in [7, 11) is 1.62. The second-order valence-corrected chi connectivity index (χ2v) is 8.72. The van der Waals surface area contributed by atoms with Crippen molar-refractivity contribution in [2.45, 2.75) is 13.8 Å². The molecular weight excluding hydrogens is 438 g/mol. The molecule has 5 rings (SSSR count). The van der Waals surface area contributed by atoms with Crippen LogP contribution in [0.4, 0.5) is 23.0 Å². The average Bonchev–Trinajstić information content (AvgIpc) is 3.39. The molecule has 1 aromatic carbocycles. The van der Waals surface area contributed by atoms with E-state index >= 15 is 0 Å². The van der Waals surface area contributed by atoms with Crippen LogP contribution in [0.25, 0.3) is 21.6 Å². The van der Waals surface area contributed by atoms with E-state index in [9.17, 15) is 4.79 Å². The van der Waals surface area contributed by atoms with Gasteiger partial charge < -0.3 is 15.4 Å². The maximum Gasteiger partial charge on any atom is 0.275 e. The lowest BCUT2D eigenvalue weighted by Crippen LogP contribution is -2.05. The van der Waals surface area contributed by atoms with Crippen LogP contribution in [0.3, 0.4) is 0 Å². The zero-order valence-corrected chi connectivity index (χ0v) is 19.0. The molecular formula is C23H21N7O2S. The highest BCUT2D eigenvalue weighted by Gasteiger charge is 2.17. The minimum atomic E-state index is -0.272. The average molecular weight is 460 g/mol. The van der Waals surface area contributed by atoms with Gasteiger partial charge in [-0.25, -0.2) is 15.0 Å². The highest BCUT2D eigenvalue weighted by atomic mass is 32.1. The molecule has 5 aromatic rings. The van der Waals surface area contributed by atoms with Gasteiger partial charge in [0.2, 0.25) is 0 Å². The standard InChI is InChI=1S/C23H21N7O2S/c1-12-7-8-24-17(9-12)27-18-10-16(19-21(28-18)29-30-22(19)31)26-15-6-4-5-14(20(15)32-3)23-25-11-13(2)33-23/h4-11H,1-3H3,(H4,24,26,27,28,29,30,31). The van der Waals surface area contributed by atoms with E-state index in [0.717, 1.165) is 21.0 Å². The molecule has 0 saturated heterocycles. The summed E-state index contributed by atoms with van der Waals surface area (Å²) in [4.78, 5) is 27.0. The van der Waals surface area contributed by atoms with E-state index in [0.29, 0.717) is 39.8 Å². The second-order valence-electron chi connectivity index (χ2n) is 7.49. The summed E-state index contributed by atoms with van der Waals surface area (Å²) >= 11 is 1.59. The SMILES string of the molecule is COc1c(Nc2cc(Nc3cc(C)ccn3)nc3[nH][nH]c(=O)c23)cccc1-c1ncc(C)s1. The second kappa shape index (κ2) is 8.40. The van der Waals surface area contributed by atoms with Crippen LogP contribution in [0.1, 0.15) is 10.4 Å². The number of benzene rings is 1. The summed E-state index contributed by atoms with van der Waals surface area (Å²) in [6.45, 7) is 4.00. The summed E-state index contributed by atoms with van der Waals surface area (Å²) < 4.78 is 5.74. The van der Waals surface area contributed by atoms with Gasteiger partial charge in [0.15, 0.2) is 11.4 Å². The van der Waals surface area contributed by atoms with Gasteiger partial charge in [0.25, 0.3) is 5.56 Å². The van der Waals surface area contributed by atoms with Crippen molar-refractivity contribution in [2.24, 2.45) is 0 Å². The molecule has 166 valence electrons. The number of hydrogen-bond acceptors (Lipinski definition) is 8. The fraction of sp³-hybridized carbons (Fsp3) is 0.130. The quantitative estimate of drug-likeness (QED) is 0.285. The number of anilines is 4. The first-order valence-electron chi connectivity index (χ1n) is 10.2. The van der Waals surface area contributed by atoms with Crippen LogP contribution in [0.2, 0.25) is 0 Å². The van der Waals surface area contributed by atoms with Crippen molar-refractivity contribution < 1.29 is 4.74 Å². The van der Waals surface area contributed by atoms with Gasteiger partial charge in [0.1, 0.15) is 22.0 Å². The number of ether oxygens (including phenoxy) is 1. The molecule has 4 aromatic heterocycles. The molecule has 0 fully saturated rings. The van der Waals surface area contributed by atoms with Gasteiger partial charge in [-0.05, 0) is 43.7 Å². The van der Waals surface area contributed by atoms with Crippen LogP contribution in [-0.4, -0.2) is 32.3 Å². The normalized spacial score (nSPS) is 11.0. The number of H-pyrrole nitrogens is 2. The third-order valence-electron chi connectivity index (χ3n) is 5.05. The van der Waals surface area contributed by atoms with Crippen molar-refractivity contribution in [3.8, 4) is 16.3 Å². The summed E-state index contributed by atoms with van der Waals surface area (Å²) in [5.74, 6) is 1.83. The molecule has 0 amide bonds. The van der Waals surface area contributed by atoms with Gasteiger partial charge in [0.05, 0.1) is 24.0 Å². The number of aryl methyl sites for hydroxylation is 2. The molecule has 4 N–H and O–H groups in total. The van der Waals surface area contributed by atoms with Crippen molar-refractivity contribution in [3.05, 3.63) is 69.6 Å². The van der Waals surface area contributed by atoms with Crippen LogP contribution in [0.15, 0.2) is 53.6 Å². The van der Waals surface area contributed by atoms with E-state index in [1.54, 1.807) is 30.7 Å². The van der Waals surface area contributed by atoms with Crippen LogP contribution in [0.5, 0.6) is 5.75 Å². The Hall–Kier alpha value is -4.18. The van der Waals surface area contributed by atoms with Crippen LogP contribution < -0.4 is 20.9 Å². The van der Waals surface area contributed by atoms with E-state index in [1.165, 1.54) is 0 Å². The molecule has 0 aliphatic carbocycles. The molecule has 0 spiro atoms. The minimum absolute atomic E-state index is 0.272. The van der Waals surface area contributed by atoms with Crippen LogP contribution in [-0.2, 0) is 0 Å². The van der Waals surface area contributed by atoms with E-state index < -0.39 is 0 Å². The van der Waals surface area contributed by atoms with Crippen molar-refractivity contribution in [1.29, 1.82) is 0 Å². The smallest absolute Gasteiger partial charge is 0.275 e. The molecule has 10 heteroatoms. The van der Waals surface area contributed by atoms with Gasteiger partial charge in [0, 0.05) is 23.3 Å². The van der Waals surface area contributed by atoms with Crippen molar-refractivity contribution in [2.75, 3.05) is 17.7 Å². The van der Waals surface area contributed by atoms with E-state index in [-0.39, 0.29) is 5.56 Å². The number of rotatable bonds is 6. The largest absolute Gasteiger partial charge is 0.494 e. The molecule has 0 radical (unpaired) electrons. The molecule has 0 atom stereocenters. The molecule has 0 aliphatic rings. The predicted molar refractivity (Wildman–Crippen MR) is 131 cm³/mol. The number of nitrogens with zero attached hydrogens (tertiary/aromatic N) is 3. The highest BCUT2D eigenvalue weighted by molar-refractivity contribution is 7.15. The topological polar surface area (TPSA) is 121 Å². The number of aromatic amines is 2. The number of aromatic nitrogens is 5. The van der Waals surface area contributed by atoms with Crippen molar-refractivity contribution >= 4 is 45.4 Å². The molecule has 33 heavy (non-hydrogen) atoms. The summed E-state index contributed by atoms with van der Waals surface area (Å²) in [5, 5.41) is 13.3. The zero-order chi connectivity index (χ0) is 22.9. The summed E-state index contributed by atoms with van der Waals surface area (Å²) in [6, 6.07) is 11.4. The first kappa shape index (κ1) is 20.7.